The number of carbonyl (C=O) groups is 2. The topological polar surface area (TPSA) is 107 Å². The smallest absolute Gasteiger partial charge is 0.407 e. The maximum absolute atomic E-state index is 12.4. The molecule has 5 unspecified atom stereocenters. The molecule has 5 atom stereocenters. The fourth-order valence-electron chi connectivity index (χ4n) is 3.29. The normalized spacial score (nSPS) is 36.0. The van der Waals surface area contributed by atoms with Crippen molar-refractivity contribution in [3.63, 3.8) is 0 Å². The van der Waals surface area contributed by atoms with Crippen LogP contribution in [0.25, 0.3) is 0 Å². The number of aliphatic hydroxyl groups excluding tert-OH is 1. The van der Waals surface area contributed by atoms with Crippen LogP contribution in [0.3, 0.4) is 0 Å². The summed E-state index contributed by atoms with van der Waals surface area (Å²) in [5.74, 6) is -0.189. The molecule has 3 saturated heterocycles. The summed E-state index contributed by atoms with van der Waals surface area (Å²) in [6.07, 6.45) is -0.832. The van der Waals surface area contributed by atoms with Crippen LogP contribution in [0.15, 0.2) is 0 Å². The third-order valence-corrected chi connectivity index (χ3v) is 4.58. The maximum atomic E-state index is 12.4. The van der Waals surface area contributed by atoms with Gasteiger partial charge < -0.3 is 24.6 Å². The number of aliphatic hydroxyl groups is 1. The Morgan fingerprint density at radius 3 is 2.83 bits per heavy atom. The molecule has 3 rings (SSSR count). The van der Waals surface area contributed by atoms with Crippen LogP contribution < -0.4 is 5.32 Å². The number of alkyl carbamates (subject to hydrolysis) is 1. The van der Waals surface area contributed by atoms with E-state index in [1.165, 1.54) is 12.2 Å². The lowest BCUT2D eigenvalue weighted by atomic mass is 9.84. The highest BCUT2D eigenvalue weighted by Gasteiger charge is 2.42. The van der Waals surface area contributed by atoms with Crippen molar-refractivity contribution in [3.05, 3.63) is 0 Å². The Morgan fingerprint density at radius 2 is 2.22 bits per heavy atom. The summed E-state index contributed by atoms with van der Waals surface area (Å²) in [7, 11) is 1.43. The molecule has 9 nitrogen and oxygen atoms in total. The highest BCUT2D eigenvalue weighted by Crippen LogP contribution is 2.32. The van der Waals surface area contributed by atoms with Gasteiger partial charge in [0.1, 0.15) is 12.6 Å². The zero-order valence-electron chi connectivity index (χ0n) is 13.0. The summed E-state index contributed by atoms with van der Waals surface area (Å²) >= 11 is 0. The van der Waals surface area contributed by atoms with Crippen LogP contribution in [0.5, 0.6) is 0 Å². The van der Waals surface area contributed by atoms with Gasteiger partial charge in [0.05, 0.1) is 26.4 Å². The van der Waals surface area contributed by atoms with Crippen molar-refractivity contribution < 1.29 is 33.7 Å². The Morgan fingerprint density at radius 1 is 1.39 bits per heavy atom. The third-order valence-electron chi connectivity index (χ3n) is 4.58. The summed E-state index contributed by atoms with van der Waals surface area (Å²) in [5, 5.41) is 13.9. The molecule has 0 aromatic heterocycles. The average molecular weight is 330 g/mol. The predicted octanol–water partition coefficient (Wildman–Crippen LogP) is -0.755. The van der Waals surface area contributed by atoms with E-state index in [2.05, 4.69) is 5.32 Å². The number of hydrogen-bond donors (Lipinski definition) is 2. The van der Waals surface area contributed by atoms with E-state index in [0.717, 1.165) is 6.42 Å². The van der Waals surface area contributed by atoms with Crippen molar-refractivity contribution in [2.75, 3.05) is 33.5 Å². The first-order chi connectivity index (χ1) is 11.1. The zero-order valence-corrected chi connectivity index (χ0v) is 13.0. The molecule has 0 spiro atoms. The van der Waals surface area contributed by atoms with Gasteiger partial charge in [0.25, 0.3) is 0 Å². The van der Waals surface area contributed by atoms with Gasteiger partial charge in [-0.2, -0.15) is 0 Å². The third kappa shape index (κ3) is 3.57. The first kappa shape index (κ1) is 16.4. The number of amides is 2. The number of nitrogens with zero attached hydrogens (tertiary/aromatic N) is 1. The van der Waals surface area contributed by atoms with Crippen LogP contribution >= 0.6 is 0 Å². The second kappa shape index (κ2) is 7.00. The first-order valence-electron chi connectivity index (χ1n) is 7.78. The molecule has 130 valence electrons. The minimum absolute atomic E-state index is 0.0551. The van der Waals surface area contributed by atoms with Crippen molar-refractivity contribution in [1.29, 1.82) is 0 Å². The summed E-state index contributed by atoms with van der Waals surface area (Å²) < 4.78 is 15.8. The summed E-state index contributed by atoms with van der Waals surface area (Å²) in [4.78, 5) is 28.6. The van der Waals surface area contributed by atoms with Crippen molar-refractivity contribution in [2.45, 2.75) is 31.3 Å². The maximum Gasteiger partial charge on any atom is 0.407 e. The SMILES string of the molecule is CON1CC(OC(O)C2COC(=O)N2)CC(C2CCOC2)C1=O. The predicted molar refractivity (Wildman–Crippen MR) is 74.9 cm³/mol. The van der Waals surface area contributed by atoms with E-state index in [0.29, 0.717) is 19.6 Å². The quantitative estimate of drug-likeness (QED) is 0.638. The minimum atomic E-state index is -1.20. The molecule has 9 heteroatoms. The molecular weight excluding hydrogens is 308 g/mol. The van der Waals surface area contributed by atoms with Gasteiger partial charge in [0, 0.05) is 12.5 Å². The van der Waals surface area contributed by atoms with Crippen molar-refractivity contribution in [2.24, 2.45) is 11.8 Å². The van der Waals surface area contributed by atoms with Gasteiger partial charge in [-0.25, -0.2) is 9.86 Å². The number of nitrogens with one attached hydrogen (secondary N) is 1. The zero-order chi connectivity index (χ0) is 16.4. The Balaban J connectivity index is 1.61. The monoisotopic (exact) mass is 330 g/mol. The number of ether oxygens (including phenoxy) is 3. The van der Waals surface area contributed by atoms with Crippen LogP contribution in [-0.2, 0) is 23.8 Å². The Bertz CT molecular complexity index is 454. The summed E-state index contributed by atoms with van der Waals surface area (Å²) in [6, 6.07) is -0.607. The lowest BCUT2D eigenvalue weighted by Crippen LogP contribution is -2.52. The number of hydrogen-bond acceptors (Lipinski definition) is 7. The van der Waals surface area contributed by atoms with E-state index in [4.69, 9.17) is 19.0 Å². The summed E-state index contributed by atoms with van der Waals surface area (Å²) in [5.41, 5.74) is 0. The number of cyclic esters (lactones) is 1. The van der Waals surface area contributed by atoms with Crippen molar-refractivity contribution in [3.8, 4) is 0 Å². The van der Waals surface area contributed by atoms with E-state index in [9.17, 15) is 14.7 Å². The molecule has 0 aliphatic carbocycles. The van der Waals surface area contributed by atoms with E-state index in [-0.39, 0.29) is 37.0 Å². The number of rotatable bonds is 5. The molecule has 3 aliphatic rings. The van der Waals surface area contributed by atoms with Crippen LogP contribution in [0.1, 0.15) is 12.8 Å². The fraction of sp³-hybridized carbons (Fsp3) is 0.857. The highest BCUT2D eigenvalue weighted by molar-refractivity contribution is 5.79. The van der Waals surface area contributed by atoms with Gasteiger partial charge >= 0.3 is 6.09 Å². The van der Waals surface area contributed by atoms with E-state index >= 15 is 0 Å². The lowest BCUT2D eigenvalue weighted by Gasteiger charge is -2.38. The molecular formula is C14H22N2O7. The molecule has 2 N–H and O–H groups in total. The van der Waals surface area contributed by atoms with E-state index in [1.807, 2.05) is 0 Å². The van der Waals surface area contributed by atoms with Gasteiger partial charge in [-0.3, -0.25) is 9.63 Å². The van der Waals surface area contributed by atoms with Gasteiger partial charge in [-0.1, -0.05) is 0 Å². The van der Waals surface area contributed by atoms with Crippen LogP contribution in [0.2, 0.25) is 0 Å². The summed E-state index contributed by atoms with van der Waals surface area (Å²) in [6.45, 7) is 1.49. The van der Waals surface area contributed by atoms with Gasteiger partial charge in [-0.05, 0) is 18.8 Å². The molecule has 0 aromatic carbocycles. The van der Waals surface area contributed by atoms with Gasteiger partial charge in [0.15, 0.2) is 6.29 Å². The largest absolute Gasteiger partial charge is 0.447 e. The van der Waals surface area contributed by atoms with Crippen LogP contribution in [0.4, 0.5) is 4.79 Å². The molecule has 3 aliphatic heterocycles. The van der Waals surface area contributed by atoms with E-state index < -0.39 is 18.4 Å². The standard InChI is InChI=1S/C14H22N2O7/c1-20-16-5-9(23-13(18)11-7-22-14(19)15-11)4-10(12(16)17)8-2-3-21-6-8/h8-11,13,18H,2-7H2,1H3,(H,15,19). The van der Waals surface area contributed by atoms with Gasteiger partial charge in [0.2, 0.25) is 5.91 Å². The Hall–Kier alpha value is -1.42. The molecule has 3 heterocycles. The second-order valence-electron chi connectivity index (χ2n) is 6.05. The Kier molecular flexibility index (Phi) is 5.00. The Labute approximate surface area is 133 Å². The molecule has 23 heavy (non-hydrogen) atoms. The van der Waals surface area contributed by atoms with E-state index in [1.54, 1.807) is 0 Å². The van der Waals surface area contributed by atoms with Crippen LogP contribution in [-0.4, -0.2) is 74.1 Å². The number of carbonyl (C=O) groups excluding carboxylic acids is 2. The highest BCUT2D eigenvalue weighted by atomic mass is 16.7. The molecule has 3 fully saturated rings. The van der Waals surface area contributed by atoms with Gasteiger partial charge in [-0.15, -0.1) is 0 Å². The average Bonchev–Trinajstić information content (AvgIpc) is 3.20. The lowest BCUT2D eigenvalue weighted by molar-refractivity contribution is -0.223. The number of piperidine rings is 1. The van der Waals surface area contributed by atoms with Crippen molar-refractivity contribution in [1.82, 2.24) is 10.4 Å². The molecule has 0 aromatic rings. The minimum Gasteiger partial charge on any atom is -0.447 e. The number of hydroxylamine groups is 2. The molecule has 0 bridgehead atoms. The van der Waals surface area contributed by atoms with Crippen molar-refractivity contribution >= 4 is 12.0 Å². The molecule has 0 saturated carbocycles. The van der Waals surface area contributed by atoms with Crippen LogP contribution in [0, 0.1) is 11.8 Å². The molecule has 0 radical (unpaired) electrons. The molecule has 2 amide bonds. The fourth-order valence-corrected chi connectivity index (χ4v) is 3.29. The second-order valence-corrected chi connectivity index (χ2v) is 6.05. The first-order valence-corrected chi connectivity index (χ1v) is 7.78.